The topological polar surface area (TPSA) is 46.2 Å². The molecule has 0 aromatic heterocycles. The highest BCUT2D eigenvalue weighted by atomic mass is 32.2. The number of hydrogen-bond acceptors (Lipinski definition) is 3. The van der Waals surface area contributed by atoms with Gasteiger partial charge in [-0.05, 0) is 37.6 Å². The Morgan fingerprint density at radius 2 is 1.93 bits per heavy atom. The molecule has 0 saturated heterocycles. The van der Waals surface area contributed by atoms with Crippen LogP contribution in [0.2, 0.25) is 0 Å². The van der Waals surface area contributed by atoms with Crippen LogP contribution in [0.15, 0.2) is 0 Å². The number of nitrogens with one attached hydrogen (secondary N) is 1. The molecular weight excluding hydrogens is 210 g/mol. The summed E-state index contributed by atoms with van der Waals surface area (Å²) in [4.78, 5) is 0. The second-order valence-electron chi connectivity index (χ2n) is 4.62. The zero-order valence-corrected chi connectivity index (χ0v) is 10.7. The molecule has 0 heterocycles. The Hall–Kier alpha value is -0.0900. The zero-order valence-electron chi connectivity index (χ0n) is 9.88. The first-order chi connectivity index (χ1) is 7.04. The van der Waals surface area contributed by atoms with Crippen LogP contribution < -0.4 is 5.32 Å². The van der Waals surface area contributed by atoms with Gasteiger partial charge in [0.25, 0.3) is 0 Å². The third kappa shape index (κ3) is 4.51. The lowest BCUT2D eigenvalue weighted by Crippen LogP contribution is -2.26. The van der Waals surface area contributed by atoms with E-state index in [0.717, 1.165) is 19.5 Å². The molecule has 0 spiro atoms. The highest BCUT2D eigenvalue weighted by Crippen LogP contribution is 2.47. The quantitative estimate of drug-likeness (QED) is 0.648. The normalized spacial score (nSPS) is 19.1. The van der Waals surface area contributed by atoms with Crippen LogP contribution in [0.5, 0.6) is 0 Å². The minimum atomic E-state index is -2.77. The molecule has 1 aliphatic rings. The fraction of sp³-hybridized carbons (Fsp3) is 1.00. The number of sulfone groups is 1. The molecule has 0 bridgehead atoms. The first kappa shape index (κ1) is 13.0. The highest BCUT2D eigenvalue weighted by Gasteiger charge is 2.39. The summed E-state index contributed by atoms with van der Waals surface area (Å²) in [5.74, 6) is 0.599. The van der Waals surface area contributed by atoms with Gasteiger partial charge in [-0.15, -0.1) is 0 Å². The molecule has 0 atom stereocenters. The van der Waals surface area contributed by atoms with Gasteiger partial charge in [-0.3, -0.25) is 0 Å². The van der Waals surface area contributed by atoms with Gasteiger partial charge in [0.15, 0.2) is 0 Å². The van der Waals surface area contributed by atoms with E-state index in [1.165, 1.54) is 19.3 Å². The van der Waals surface area contributed by atoms with E-state index in [-0.39, 0.29) is 5.75 Å². The van der Waals surface area contributed by atoms with Crippen LogP contribution in [0.4, 0.5) is 0 Å². The summed E-state index contributed by atoms with van der Waals surface area (Å²) in [6, 6.07) is 0. The molecule has 0 aromatic rings. The van der Waals surface area contributed by atoms with Crippen LogP contribution in [0.25, 0.3) is 0 Å². The zero-order chi connectivity index (χ0) is 11.4. The second kappa shape index (κ2) is 5.30. The van der Waals surface area contributed by atoms with Crippen molar-refractivity contribution in [1.82, 2.24) is 5.32 Å². The average molecular weight is 233 g/mol. The Morgan fingerprint density at radius 1 is 1.27 bits per heavy atom. The molecule has 1 fully saturated rings. The van der Waals surface area contributed by atoms with Gasteiger partial charge in [0, 0.05) is 12.3 Å². The van der Waals surface area contributed by atoms with Crippen LogP contribution >= 0.6 is 0 Å². The number of hydrogen-bond donors (Lipinski definition) is 1. The lowest BCUT2D eigenvalue weighted by molar-refractivity contribution is 0.444. The standard InChI is InChI=1S/C11H23NO2S/c1-3-11(6-7-11)10-12-8-5-9-15(13,14)4-2/h12H,3-10H2,1-2H3. The van der Waals surface area contributed by atoms with Crippen molar-refractivity contribution in [1.29, 1.82) is 0 Å². The van der Waals surface area contributed by atoms with Crippen molar-refractivity contribution < 1.29 is 8.42 Å². The molecule has 0 unspecified atom stereocenters. The SMILES string of the molecule is CCC1(CNCCCS(=O)(=O)CC)CC1. The smallest absolute Gasteiger partial charge is 0.150 e. The van der Waals surface area contributed by atoms with Gasteiger partial charge < -0.3 is 5.32 Å². The molecule has 90 valence electrons. The third-order valence-corrected chi connectivity index (χ3v) is 5.25. The summed E-state index contributed by atoms with van der Waals surface area (Å²) in [6.07, 6.45) is 4.66. The Balaban J connectivity index is 2.03. The lowest BCUT2D eigenvalue weighted by Gasteiger charge is -2.12. The van der Waals surface area contributed by atoms with E-state index >= 15 is 0 Å². The lowest BCUT2D eigenvalue weighted by atomic mass is 10.0. The van der Waals surface area contributed by atoms with Crippen molar-refractivity contribution in [3.8, 4) is 0 Å². The molecular formula is C11H23NO2S. The highest BCUT2D eigenvalue weighted by molar-refractivity contribution is 7.91. The second-order valence-corrected chi connectivity index (χ2v) is 7.09. The van der Waals surface area contributed by atoms with Gasteiger partial charge in [0.05, 0.1) is 5.75 Å². The third-order valence-electron chi connectivity index (χ3n) is 3.46. The van der Waals surface area contributed by atoms with Crippen LogP contribution in [-0.4, -0.2) is 33.0 Å². The van der Waals surface area contributed by atoms with Crippen molar-refractivity contribution in [2.75, 3.05) is 24.6 Å². The Kier molecular flexibility index (Phi) is 4.59. The first-order valence-electron chi connectivity index (χ1n) is 5.95. The molecule has 0 aromatic carbocycles. The van der Waals surface area contributed by atoms with Crippen LogP contribution in [0.3, 0.4) is 0 Å². The largest absolute Gasteiger partial charge is 0.316 e. The van der Waals surface area contributed by atoms with Crippen molar-refractivity contribution in [2.24, 2.45) is 5.41 Å². The van der Waals surface area contributed by atoms with Crippen LogP contribution in [0, 0.1) is 5.41 Å². The van der Waals surface area contributed by atoms with Crippen molar-refractivity contribution in [3.63, 3.8) is 0 Å². The van der Waals surface area contributed by atoms with E-state index in [4.69, 9.17) is 0 Å². The molecule has 1 rings (SSSR count). The summed E-state index contributed by atoms with van der Waals surface area (Å²) >= 11 is 0. The molecule has 0 amide bonds. The fourth-order valence-electron chi connectivity index (χ4n) is 1.75. The van der Waals surface area contributed by atoms with Gasteiger partial charge in [0.2, 0.25) is 0 Å². The van der Waals surface area contributed by atoms with Gasteiger partial charge in [-0.1, -0.05) is 13.8 Å². The molecule has 4 heteroatoms. The van der Waals surface area contributed by atoms with Crippen molar-refractivity contribution in [3.05, 3.63) is 0 Å². The van der Waals surface area contributed by atoms with Crippen LogP contribution in [-0.2, 0) is 9.84 Å². The van der Waals surface area contributed by atoms with E-state index in [9.17, 15) is 8.42 Å². The average Bonchev–Trinajstić information content (AvgIpc) is 2.98. The minimum Gasteiger partial charge on any atom is -0.316 e. The summed E-state index contributed by atoms with van der Waals surface area (Å²) in [5.41, 5.74) is 0.559. The van der Waals surface area contributed by atoms with E-state index in [0.29, 0.717) is 11.2 Å². The van der Waals surface area contributed by atoms with E-state index in [1.54, 1.807) is 6.92 Å². The Labute approximate surface area is 93.6 Å². The van der Waals surface area contributed by atoms with E-state index in [1.807, 2.05) is 0 Å². The maximum absolute atomic E-state index is 11.2. The monoisotopic (exact) mass is 233 g/mol. The minimum absolute atomic E-state index is 0.270. The summed E-state index contributed by atoms with van der Waals surface area (Å²) in [5, 5.41) is 3.37. The fourth-order valence-corrected chi connectivity index (χ4v) is 2.62. The predicted molar refractivity (Wildman–Crippen MR) is 63.8 cm³/mol. The molecule has 1 saturated carbocycles. The molecule has 0 aliphatic heterocycles. The molecule has 15 heavy (non-hydrogen) atoms. The van der Waals surface area contributed by atoms with E-state index < -0.39 is 9.84 Å². The summed E-state index contributed by atoms with van der Waals surface area (Å²) in [7, 11) is -2.77. The summed E-state index contributed by atoms with van der Waals surface area (Å²) in [6.45, 7) is 5.84. The molecule has 1 aliphatic carbocycles. The predicted octanol–water partition coefficient (Wildman–Crippen LogP) is 1.59. The Morgan fingerprint density at radius 3 is 2.40 bits per heavy atom. The van der Waals surface area contributed by atoms with Gasteiger partial charge in [-0.25, -0.2) is 8.42 Å². The maximum Gasteiger partial charge on any atom is 0.150 e. The van der Waals surface area contributed by atoms with Crippen LogP contribution in [0.1, 0.15) is 39.5 Å². The van der Waals surface area contributed by atoms with Crippen molar-refractivity contribution >= 4 is 9.84 Å². The first-order valence-corrected chi connectivity index (χ1v) is 7.77. The molecule has 3 nitrogen and oxygen atoms in total. The molecule has 0 radical (unpaired) electrons. The van der Waals surface area contributed by atoms with Gasteiger partial charge >= 0.3 is 0 Å². The van der Waals surface area contributed by atoms with E-state index in [2.05, 4.69) is 12.2 Å². The van der Waals surface area contributed by atoms with Gasteiger partial charge in [0.1, 0.15) is 9.84 Å². The van der Waals surface area contributed by atoms with Gasteiger partial charge in [-0.2, -0.15) is 0 Å². The van der Waals surface area contributed by atoms with Crippen molar-refractivity contribution in [2.45, 2.75) is 39.5 Å². The Bertz CT molecular complexity index is 281. The number of rotatable bonds is 8. The molecule has 1 N–H and O–H groups in total. The summed E-state index contributed by atoms with van der Waals surface area (Å²) < 4.78 is 22.4. The maximum atomic E-state index is 11.2.